The number of hydrogen-bond acceptors (Lipinski definition) is 10. The lowest BCUT2D eigenvalue weighted by Gasteiger charge is -2.13. The van der Waals surface area contributed by atoms with E-state index in [1.165, 1.54) is 28.8 Å². The lowest BCUT2D eigenvalue weighted by Crippen LogP contribution is -2.07. The molecule has 0 saturated heterocycles. The second-order valence-electron chi connectivity index (χ2n) is 9.65. The summed E-state index contributed by atoms with van der Waals surface area (Å²) >= 11 is 6.92. The van der Waals surface area contributed by atoms with Gasteiger partial charge in [-0.1, -0.05) is 15.9 Å². The number of aromatic nitrogens is 6. The van der Waals surface area contributed by atoms with Gasteiger partial charge in [-0.25, -0.2) is 14.6 Å². The van der Waals surface area contributed by atoms with Gasteiger partial charge in [0.2, 0.25) is 0 Å². The van der Waals surface area contributed by atoms with E-state index in [0.29, 0.717) is 6.54 Å². The molecule has 0 radical (unpaired) electrons. The maximum Gasteiger partial charge on any atom is 0.138 e. The molecule has 3 N–H and O–H groups in total. The molecule has 0 bridgehead atoms. The molecule has 47 heavy (non-hydrogen) atoms. The SMILES string of the molecule is CNCc1cc(-n2cncn2)ccc1Oc1ccc(SC)cc1.CNCc1cc(Br)ccc1Oc1ccc(SC)cc1.c1nc[nH]n1. The van der Waals surface area contributed by atoms with Gasteiger partial charge in [0.15, 0.2) is 0 Å². The molecule has 0 saturated carbocycles. The second kappa shape index (κ2) is 19.5. The van der Waals surface area contributed by atoms with Crippen molar-refractivity contribution in [3.63, 3.8) is 0 Å². The Morgan fingerprint density at radius 2 is 1.30 bits per heavy atom. The maximum atomic E-state index is 6.04. The number of halogens is 1. The topological polar surface area (TPSA) is 115 Å². The number of thioether (sulfide) groups is 2. The molecule has 0 fully saturated rings. The van der Waals surface area contributed by atoms with E-state index in [-0.39, 0.29) is 0 Å². The van der Waals surface area contributed by atoms with Crippen molar-refractivity contribution >= 4 is 39.5 Å². The van der Waals surface area contributed by atoms with Gasteiger partial charge in [0.1, 0.15) is 48.3 Å². The van der Waals surface area contributed by atoms with Crippen LogP contribution in [0.1, 0.15) is 11.1 Å². The predicted octanol–water partition coefficient (Wildman–Crippen LogP) is 7.99. The number of aromatic amines is 1. The Labute approximate surface area is 292 Å². The van der Waals surface area contributed by atoms with Gasteiger partial charge in [-0.15, -0.1) is 23.5 Å². The van der Waals surface area contributed by atoms with Crippen molar-refractivity contribution < 1.29 is 9.47 Å². The van der Waals surface area contributed by atoms with Gasteiger partial charge >= 0.3 is 0 Å². The van der Waals surface area contributed by atoms with Crippen LogP contribution in [0.4, 0.5) is 0 Å². The van der Waals surface area contributed by atoms with Crippen molar-refractivity contribution in [3.05, 3.63) is 126 Å². The smallest absolute Gasteiger partial charge is 0.138 e. The zero-order valence-corrected chi connectivity index (χ0v) is 29.8. The van der Waals surface area contributed by atoms with Gasteiger partial charge in [0.05, 0.1) is 5.69 Å². The minimum absolute atomic E-state index is 0.709. The molecule has 6 aromatic rings. The van der Waals surface area contributed by atoms with Crippen molar-refractivity contribution in [1.82, 2.24) is 40.6 Å². The highest BCUT2D eigenvalue weighted by Crippen LogP contribution is 2.30. The third kappa shape index (κ3) is 11.6. The van der Waals surface area contributed by atoms with Gasteiger partial charge in [0.25, 0.3) is 0 Å². The summed E-state index contributed by atoms with van der Waals surface area (Å²) in [4.78, 5) is 9.99. The Morgan fingerprint density at radius 1 is 0.723 bits per heavy atom. The highest BCUT2D eigenvalue weighted by molar-refractivity contribution is 9.10. The molecule has 6 rings (SSSR count). The average molecular weight is 734 g/mol. The van der Waals surface area contributed by atoms with Crippen LogP contribution in [0.25, 0.3) is 5.69 Å². The standard InChI is InChI=1S/C17H18N4OS.C15H16BrNOS.C2H3N3/c1-18-10-13-9-14(21-12-19-11-20-21)3-8-17(13)22-15-4-6-16(23-2)7-5-15;1-17-10-11-9-12(16)3-8-15(11)18-13-4-6-14(19-2)7-5-13;1-3-2-5-4-1/h3-9,11-12,18H,10H2,1-2H3;3-9,17H,10H2,1-2H3;1-2H,(H,3,4,5). The van der Waals surface area contributed by atoms with Crippen molar-refractivity contribution in [2.75, 3.05) is 26.6 Å². The van der Waals surface area contributed by atoms with Crippen molar-refractivity contribution in [2.45, 2.75) is 22.9 Å². The summed E-state index contributed by atoms with van der Waals surface area (Å²) in [6, 6.07) is 28.2. The molecule has 13 heteroatoms. The van der Waals surface area contributed by atoms with Crippen molar-refractivity contribution in [3.8, 4) is 28.7 Å². The van der Waals surface area contributed by atoms with Gasteiger partial charge < -0.3 is 20.1 Å². The summed E-state index contributed by atoms with van der Waals surface area (Å²) in [6.45, 7) is 1.48. The predicted molar refractivity (Wildman–Crippen MR) is 194 cm³/mol. The van der Waals surface area contributed by atoms with Gasteiger partial charge in [0, 0.05) is 38.5 Å². The van der Waals surface area contributed by atoms with Crippen molar-refractivity contribution in [2.24, 2.45) is 0 Å². The van der Waals surface area contributed by atoms with E-state index in [4.69, 9.17) is 9.47 Å². The minimum atomic E-state index is 0.709. The third-order valence-electron chi connectivity index (χ3n) is 6.39. The van der Waals surface area contributed by atoms with E-state index in [0.717, 1.165) is 50.8 Å². The number of rotatable bonds is 11. The first kappa shape index (κ1) is 35.7. The Kier molecular flexibility index (Phi) is 14.8. The molecule has 0 aliphatic heterocycles. The lowest BCUT2D eigenvalue weighted by atomic mass is 10.1. The highest BCUT2D eigenvalue weighted by atomic mass is 79.9. The lowest BCUT2D eigenvalue weighted by molar-refractivity contribution is 0.473. The van der Waals surface area contributed by atoms with Crippen LogP contribution in [0, 0.1) is 0 Å². The molecule has 0 spiro atoms. The van der Waals surface area contributed by atoms with E-state index in [2.05, 4.69) is 101 Å². The largest absolute Gasteiger partial charge is 0.457 e. The Bertz CT molecular complexity index is 1720. The summed E-state index contributed by atoms with van der Waals surface area (Å²) in [5.41, 5.74) is 3.15. The molecule has 2 heterocycles. The molecule has 0 aliphatic carbocycles. The number of H-pyrrole nitrogens is 1. The molecule has 244 valence electrons. The number of nitrogens with one attached hydrogen (secondary N) is 3. The fourth-order valence-corrected chi connectivity index (χ4v) is 5.39. The molecule has 0 atom stereocenters. The first-order chi connectivity index (χ1) is 23.0. The highest BCUT2D eigenvalue weighted by Gasteiger charge is 2.09. The molecule has 2 aromatic heterocycles. The van der Waals surface area contributed by atoms with E-state index in [1.807, 2.05) is 62.6 Å². The van der Waals surface area contributed by atoms with E-state index >= 15 is 0 Å². The zero-order valence-electron chi connectivity index (χ0n) is 26.6. The van der Waals surface area contributed by atoms with E-state index in [9.17, 15) is 0 Å². The van der Waals surface area contributed by atoms with E-state index < -0.39 is 0 Å². The Balaban J connectivity index is 0.000000187. The van der Waals surface area contributed by atoms with Gasteiger partial charge in [-0.3, -0.25) is 5.10 Å². The molecule has 0 unspecified atom stereocenters. The monoisotopic (exact) mass is 732 g/mol. The molecule has 0 aliphatic rings. The first-order valence-corrected chi connectivity index (χ1v) is 17.7. The summed E-state index contributed by atoms with van der Waals surface area (Å²) in [5.74, 6) is 3.40. The van der Waals surface area contributed by atoms with Crippen LogP contribution in [0.2, 0.25) is 0 Å². The zero-order chi connectivity index (χ0) is 33.3. The van der Waals surface area contributed by atoms with E-state index in [1.54, 1.807) is 34.5 Å². The molecular formula is C34H37BrN8O2S2. The number of benzene rings is 4. The van der Waals surface area contributed by atoms with Gasteiger partial charge in [-0.05, 0) is 112 Å². The first-order valence-electron chi connectivity index (χ1n) is 14.5. The maximum absolute atomic E-state index is 6.04. The second-order valence-corrected chi connectivity index (χ2v) is 12.3. The third-order valence-corrected chi connectivity index (χ3v) is 8.37. The van der Waals surface area contributed by atoms with Crippen LogP contribution in [0.3, 0.4) is 0 Å². The van der Waals surface area contributed by atoms with Crippen LogP contribution >= 0.6 is 39.5 Å². The summed E-state index contributed by atoms with van der Waals surface area (Å²) in [7, 11) is 3.84. The van der Waals surface area contributed by atoms with Crippen LogP contribution < -0.4 is 20.1 Å². The summed E-state index contributed by atoms with van der Waals surface area (Å²) in [5, 5.41) is 16.5. The molecule has 0 amide bonds. The van der Waals surface area contributed by atoms with Crippen molar-refractivity contribution in [1.29, 1.82) is 0 Å². The van der Waals surface area contributed by atoms with Crippen LogP contribution in [0.15, 0.2) is 125 Å². The Hall–Kier alpha value is -4.14. The van der Waals surface area contributed by atoms with Crippen LogP contribution in [-0.4, -0.2) is 56.6 Å². The minimum Gasteiger partial charge on any atom is -0.457 e. The summed E-state index contributed by atoms with van der Waals surface area (Å²) in [6.07, 6.45) is 10.3. The average Bonchev–Trinajstić information content (AvgIpc) is 3.87. The fraction of sp³-hybridized carbons (Fsp3) is 0.176. The molecule has 4 aromatic carbocycles. The summed E-state index contributed by atoms with van der Waals surface area (Å²) < 4.78 is 14.8. The van der Waals surface area contributed by atoms with Crippen LogP contribution in [0.5, 0.6) is 23.0 Å². The fourth-order valence-electron chi connectivity index (χ4n) is 4.16. The molecule has 10 nitrogen and oxygen atoms in total. The van der Waals surface area contributed by atoms with Crippen LogP contribution in [-0.2, 0) is 13.1 Å². The number of hydrogen-bond donors (Lipinski definition) is 3. The van der Waals surface area contributed by atoms with Gasteiger partial charge in [-0.2, -0.15) is 10.2 Å². The number of nitrogens with zero attached hydrogens (tertiary/aromatic N) is 5. The molecular weight excluding hydrogens is 696 g/mol. The quantitative estimate of drug-likeness (QED) is 0.113. The normalized spacial score (nSPS) is 10.3. The Morgan fingerprint density at radius 3 is 1.74 bits per heavy atom. The number of ether oxygens (including phenoxy) is 2.